The molecule has 0 aliphatic heterocycles. The number of nitrogen functional groups attached to an aromatic ring is 1. The first-order valence-corrected chi connectivity index (χ1v) is 6.39. The average Bonchev–Trinajstić information content (AvgIpc) is 2.37. The number of aromatic nitrogens is 1. The van der Waals surface area contributed by atoms with Gasteiger partial charge in [0.2, 0.25) is 5.88 Å². The predicted octanol–water partition coefficient (Wildman–Crippen LogP) is 3.54. The van der Waals surface area contributed by atoms with Gasteiger partial charge in [-0.05, 0) is 28.7 Å². The molecule has 0 amide bonds. The molecule has 3 heteroatoms. The Labute approximate surface area is 114 Å². The lowest BCUT2D eigenvalue weighted by molar-refractivity contribution is 0.293. The van der Waals surface area contributed by atoms with Crippen LogP contribution in [-0.2, 0) is 12.0 Å². The highest BCUT2D eigenvalue weighted by Crippen LogP contribution is 2.22. The first-order chi connectivity index (χ1) is 8.95. The minimum absolute atomic E-state index is 0.114. The van der Waals surface area contributed by atoms with E-state index in [4.69, 9.17) is 10.5 Å². The Morgan fingerprint density at radius 2 is 1.74 bits per heavy atom. The maximum absolute atomic E-state index is 5.65. The molecule has 0 aliphatic rings. The van der Waals surface area contributed by atoms with Crippen LogP contribution in [0.1, 0.15) is 31.9 Å². The van der Waals surface area contributed by atoms with Gasteiger partial charge in [0.15, 0.2) is 0 Å². The van der Waals surface area contributed by atoms with E-state index < -0.39 is 0 Å². The molecule has 1 heterocycles. The molecule has 0 radical (unpaired) electrons. The topological polar surface area (TPSA) is 48.1 Å². The minimum atomic E-state index is 0.114. The standard InChI is InChI=1S/C16H20N2O/c1-16(2,3)13-6-9-15(18-10-13)19-11-12-4-7-14(17)8-5-12/h4-10H,11,17H2,1-3H3. The zero-order valence-electron chi connectivity index (χ0n) is 11.7. The van der Waals surface area contributed by atoms with Gasteiger partial charge in [-0.3, -0.25) is 0 Å². The monoisotopic (exact) mass is 256 g/mol. The Morgan fingerprint density at radius 3 is 2.26 bits per heavy atom. The van der Waals surface area contributed by atoms with Crippen molar-refractivity contribution in [3.05, 3.63) is 53.7 Å². The first-order valence-electron chi connectivity index (χ1n) is 6.39. The van der Waals surface area contributed by atoms with Crippen LogP contribution in [0.5, 0.6) is 5.88 Å². The highest BCUT2D eigenvalue weighted by atomic mass is 16.5. The summed E-state index contributed by atoms with van der Waals surface area (Å²) >= 11 is 0. The quantitative estimate of drug-likeness (QED) is 0.854. The normalized spacial score (nSPS) is 11.3. The molecule has 0 unspecified atom stereocenters. The third-order valence-electron chi connectivity index (χ3n) is 2.97. The molecule has 2 aromatic rings. The van der Waals surface area contributed by atoms with E-state index in [2.05, 4.69) is 31.8 Å². The number of pyridine rings is 1. The largest absolute Gasteiger partial charge is 0.473 e. The number of hydrogen-bond acceptors (Lipinski definition) is 3. The van der Waals surface area contributed by atoms with Crippen LogP contribution < -0.4 is 10.5 Å². The second kappa shape index (κ2) is 5.31. The first kappa shape index (κ1) is 13.4. The number of hydrogen-bond donors (Lipinski definition) is 1. The Hall–Kier alpha value is -2.03. The van der Waals surface area contributed by atoms with Crippen LogP contribution in [0.2, 0.25) is 0 Å². The van der Waals surface area contributed by atoms with Gasteiger partial charge in [0.05, 0.1) is 0 Å². The molecule has 0 saturated carbocycles. The Kier molecular flexibility index (Phi) is 3.74. The number of benzene rings is 1. The van der Waals surface area contributed by atoms with E-state index in [9.17, 15) is 0 Å². The van der Waals surface area contributed by atoms with Gasteiger partial charge >= 0.3 is 0 Å². The third-order valence-corrected chi connectivity index (χ3v) is 2.97. The molecular weight excluding hydrogens is 236 g/mol. The fraction of sp³-hybridized carbons (Fsp3) is 0.312. The van der Waals surface area contributed by atoms with E-state index in [1.165, 1.54) is 5.56 Å². The van der Waals surface area contributed by atoms with Crippen molar-refractivity contribution in [3.8, 4) is 5.88 Å². The van der Waals surface area contributed by atoms with Crippen molar-refractivity contribution in [1.29, 1.82) is 0 Å². The van der Waals surface area contributed by atoms with Crippen molar-refractivity contribution in [3.63, 3.8) is 0 Å². The SMILES string of the molecule is CC(C)(C)c1ccc(OCc2ccc(N)cc2)nc1. The molecule has 19 heavy (non-hydrogen) atoms. The van der Waals surface area contributed by atoms with Crippen molar-refractivity contribution in [1.82, 2.24) is 4.98 Å². The summed E-state index contributed by atoms with van der Waals surface area (Å²) in [5, 5.41) is 0. The van der Waals surface area contributed by atoms with Crippen molar-refractivity contribution in [2.75, 3.05) is 5.73 Å². The van der Waals surface area contributed by atoms with E-state index in [-0.39, 0.29) is 5.41 Å². The van der Waals surface area contributed by atoms with Crippen molar-refractivity contribution < 1.29 is 4.74 Å². The number of nitrogens with two attached hydrogens (primary N) is 1. The van der Waals surface area contributed by atoms with Gasteiger partial charge in [-0.2, -0.15) is 0 Å². The van der Waals surface area contributed by atoms with Crippen molar-refractivity contribution >= 4 is 5.69 Å². The van der Waals surface area contributed by atoms with Gasteiger partial charge in [0.1, 0.15) is 6.61 Å². The lowest BCUT2D eigenvalue weighted by Gasteiger charge is -2.18. The van der Waals surface area contributed by atoms with Crippen LogP contribution in [0.3, 0.4) is 0 Å². The second-order valence-corrected chi connectivity index (χ2v) is 5.67. The zero-order valence-corrected chi connectivity index (χ0v) is 11.7. The number of nitrogens with zero attached hydrogens (tertiary/aromatic N) is 1. The number of rotatable bonds is 3. The molecular formula is C16H20N2O. The third kappa shape index (κ3) is 3.71. The van der Waals surface area contributed by atoms with Crippen LogP contribution in [0.25, 0.3) is 0 Å². The highest BCUT2D eigenvalue weighted by Gasteiger charge is 2.13. The second-order valence-electron chi connectivity index (χ2n) is 5.67. The van der Waals surface area contributed by atoms with Crippen molar-refractivity contribution in [2.45, 2.75) is 32.8 Å². The van der Waals surface area contributed by atoms with Gasteiger partial charge in [-0.1, -0.05) is 39.0 Å². The fourth-order valence-electron chi connectivity index (χ4n) is 1.68. The molecule has 0 bridgehead atoms. The molecule has 1 aromatic heterocycles. The summed E-state index contributed by atoms with van der Waals surface area (Å²) in [5.74, 6) is 0.643. The fourth-order valence-corrected chi connectivity index (χ4v) is 1.68. The maximum atomic E-state index is 5.65. The van der Waals surface area contributed by atoms with E-state index >= 15 is 0 Å². The predicted molar refractivity (Wildman–Crippen MR) is 78.1 cm³/mol. The molecule has 2 rings (SSSR count). The molecule has 3 nitrogen and oxygen atoms in total. The Balaban J connectivity index is 1.98. The van der Waals surface area contributed by atoms with E-state index in [0.29, 0.717) is 12.5 Å². The summed E-state index contributed by atoms with van der Waals surface area (Å²) < 4.78 is 5.65. The van der Waals surface area contributed by atoms with Crippen LogP contribution >= 0.6 is 0 Å². The summed E-state index contributed by atoms with van der Waals surface area (Å²) in [6.07, 6.45) is 1.87. The molecule has 0 spiro atoms. The summed E-state index contributed by atoms with van der Waals surface area (Å²) in [4.78, 5) is 4.33. The van der Waals surface area contributed by atoms with E-state index in [0.717, 1.165) is 11.3 Å². The van der Waals surface area contributed by atoms with Crippen LogP contribution in [0, 0.1) is 0 Å². The summed E-state index contributed by atoms with van der Waals surface area (Å²) in [6, 6.07) is 11.6. The van der Waals surface area contributed by atoms with Gasteiger partial charge in [-0.15, -0.1) is 0 Å². The van der Waals surface area contributed by atoms with Crippen LogP contribution in [-0.4, -0.2) is 4.98 Å². The minimum Gasteiger partial charge on any atom is -0.473 e. The summed E-state index contributed by atoms with van der Waals surface area (Å²) in [7, 11) is 0. The molecule has 2 N–H and O–H groups in total. The number of anilines is 1. The highest BCUT2D eigenvalue weighted by molar-refractivity contribution is 5.39. The molecule has 1 aromatic carbocycles. The molecule has 0 fully saturated rings. The van der Waals surface area contributed by atoms with Gasteiger partial charge in [0.25, 0.3) is 0 Å². The Morgan fingerprint density at radius 1 is 1.05 bits per heavy atom. The van der Waals surface area contributed by atoms with E-state index in [1.54, 1.807) is 0 Å². The number of ether oxygens (including phenoxy) is 1. The molecule has 0 atom stereocenters. The summed E-state index contributed by atoms with van der Waals surface area (Å²) in [6.45, 7) is 7.00. The smallest absolute Gasteiger partial charge is 0.213 e. The van der Waals surface area contributed by atoms with E-state index in [1.807, 2.05) is 36.5 Å². The maximum Gasteiger partial charge on any atom is 0.213 e. The van der Waals surface area contributed by atoms with Gasteiger partial charge < -0.3 is 10.5 Å². The van der Waals surface area contributed by atoms with Crippen molar-refractivity contribution in [2.24, 2.45) is 0 Å². The van der Waals surface area contributed by atoms with Gasteiger partial charge in [0, 0.05) is 18.0 Å². The summed E-state index contributed by atoms with van der Waals surface area (Å²) in [5.41, 5.74) is 8.79. The average molecular weight is 256 g/mol. The molecule has 0 saturated heterocycles. The Bertz CT molecular complexity index is 524. The molecule has 100 valence electrons. The van der Waals surface area contributed by atoms with Crippen LogP contribution in [0.15, 0.2) is 42.6 Å². The molecule has 0 aliphatic carbocycles. The van der Waals surface area contributed by atoms with Crippen LogP contribution in [0.4, 0.5) is 5.69 Å². The lowest BCUT2D eigenvalue weighted by Crippen LogP contribution is -2.11. The van der Waals surface area contributed by atoms with Gasteiger partial charge in [-0.25, -0.2) is 4.98 Å². The lowest BCUT2D eigenvalue weighted by atomic mass is 9.88. The zero-order chi connectivity index (χ0) is 13.9.